The minimum Gasteiger partial charge on any atom is -0.438 e. The number of sulfonamides is 1. The quantitative estimate of drug-likeness (QED) is 0.190. The zero-order valence-electron chi connectivity index (χ0n) is 17.7. The first kappa shape index (κ1) is 28.3. The van der Waals surface area contributed by atoms with E-state index in [-0.39, 0.29) is 47.7 Å². The van der Waals surface area contributed by atoms with Crippen LogP contribution in [0, 0.1) is 6.92 Å². The number of unbranched alkanes of at least 4 members (excludes halogenated alkanes) is 6. The Balaban J connectivity index is 0.00000729. The van der Waals surface area contributed by atoms with Crippen LogP contribution in [0.25, 0.3) is 4.49 Å². The van der Waals surface area contributed by atoms with E-state index in [2.05, 4.69) is 18.3 Å². The van der Waals surface area contributed by atoms with Gasteiger partial charge in [-0.3, -0.25) is 4.57 Å². The normalized spacial score (nSPS) is 12.0. The number of hydrogen-bond acceptors (Lipinski definition) is 5. The van der Waals surface area contributed by atoms with Crippen LogP contribution in [0.4, 0.5) is 0 Å². The molecule has 157 valence electrons. The molecule has 0 heterocycles. The van der Waals surface area contributed by atoms with Gasteiger partial charge in [0.05, 0.1) is 13.2 Å². The van der Waals surface area contributed by atoms with E-state index in [1.165, 1.54) is 12.1 Å². The first-order chi connectivity index (χ1) is 12.8. The van der Waals surface area contributed by atoms with Crippen LogP contribution in [0.5, 0.6) is 0 Å². The van der Waals surface area contributed by atoms with Crippen molar-refractivity contribution < 1.29 is 22.0 Å². The van der Waals surface area contributed by atoms with Crippen molar-refractivity contribution in [1.29, 1.82) is 0 Å². The summed E-state index contributed by atoms with van der Waals surface area (Å²) < 4.78 is 52.3. The third kappa shape index (κ3) is 11.5. The molecule has 0 fully saturated rings. The Morgan fingerprint density at radius 2 is 1.32 bits per heavy atom. The van der Waals surface area contributed by atoms with Crippen LogP contribution >= 0.6 is 7.75 Å². The average molecular weight is 442 g/mol. The Labute approximate surface area is 193 Å². The van der Waals surface area contributed by atoms with Crippen molar-refractivity contribution in [2.75, 3.05) is 13.2 Å². The van der Waals surface area contributed by atoms with Gasteiger partial charge in [0.1, 0.15) is 10.0 Å². The Morgan fingerprint density at radius 3 is 1.75 bits per heavy atom. The molecule has 0 amide bonds. The second kappa shape index (κ2) is 15.1. The molecule has 6 nitrogen and oxygen atoms in total. The van der Waals surface area contributed by atoms with Crippen molar-refractivity contribution in [1.82, 2.24) is 0 Å². The summed E-state index contributed by atoms with van der Waals surface area (Å²) >= 11 is 0. The van der Waals surface area contributed by atoms with Gasteiger partial charge in [-0.05, 0) is 31.9 Å². The fraction of sp³-hybridized carbons (Fsp3) is 0.684. The summed E-state index contributed by atoms with van der Waals surface area (Å²) in [7, 11) is -8.20. The van der Waals surface area contributed by atoms with E-state index < -0.39 is 17.8 Å². The molecule has 0 unspecified atom stereocenters. The molecule has 9 heteroatoms. The van der Waals surface area contributed by atoms with Gasteiger partial charge in [0.25, 0.3) is 7.75 Å². The predicted octanol–water partition coefficient (Wildman–Crippen LogP) is 5.98. The van der Waals surface area contributed by atoms with Crippen molar-refractivity contribution in [3.05, 3.63) is 34.3 Å². The molecule has 0 atom stereocenters. The molecular formula is C19H33NNaO5PS-. The van der Waals surface area contributed by atoms with E-state index in [9.17, 15) is 13.0 Å². The summed E-state index contributed by atoms with van der Waals surface area (Å²) in [5.41, 5.74) is 0.927. The van der Waals surface area contributed by atoms with E-state index in [1.807, 2.05) is 6.92 Å². The first-order valence-electron chi connectivity index (χ1n) is 9.78. The third-order valence-electron chi connectivity index (χ3n) is 4.03. The minimum absolute atomic E-state index is 0. The van der Waals surface area contributed by atoms with E-state index in [1.54, 1.807) is 12.1 Å². The zero-order chi connectivity index (χ0) is 20.2. The molecule has 0 saturated heterocycles. The largest absolute Gasteiger partial charge is 0.438 e. The third-order valence-corrected chi connectivity index (χ3v) is 7.58. The Morgan fingerprint density at radius 1 is 0.857 bits per heavy atom. The molecule has 1 aromatic carbocycles. The summed E-state index contributed by atoms with van der Waals surface area (Å²) in [6, 6.07) is 6.23. The summed E-state index contributed by atoms with van der Waals surface area (Å²) in [4.78, 5) is -0.0162. The van der Waals surface area contributed by atoms with Gasteiger partial charge < -0.3 is 13.5 Å². The van der Waals surface area contributed by atoms with Crippen LogP contribution in [0.1, 0.15) is 70.8 Å². The summed E-state index contributed by atoms with van der Waals surface area (Å²) in [5, 5.41) is 0. The van der Waals surface area contributed by atoms with E-state index in [0.29, 0.717) is 12.8 Å². The molecule has 0 spiro atoms. The van der Waals surface area contributed by atoms with Crippen LogP contribution in [0.2, 0.25) is 0 Å². The van der Waals surface area contributed by atoms with Gasteiger partial charge in [-0.25, -0.2) is 8.42 Å². The molecule has 0 aliphatic heterocycles. The molecule has 1 aromatic rings. The zero-order valence-corrected chi connectivity index (χ0v) is 21.4. The number of benzene rings is 1. The number of aryl methyl sites for hydroxylation is 1. The van der Waals surface area contributed by atoms with Crippen LogP contribution in [0.3, 0.4) is 0 Å². The molecule has 1 radical (unpaired) electrons. The molecular weight excluding hydrogens is 408 g/mol. The summed E-state index contributed by atoms with van der Waals surface area (Å²) in [6.45, 7) is 6.37. The Bertz CT molecular complexity index is 664. The van der Waals surface area contributed by atoms with Crippen LogP contribution in [-0.2, 0) is 23.6 Å². The number of rotatable bonds is 15. The van der Waals surface area contributed by atoms with E-state index in [4.69, 9.17) is 9.05 Å². The predicted molar refractivity (Wildman–Crippen MR) is 115 cm³/mol. The van der Waals surface area contributed by atoms with Gasteiger partial charge in [-0.15, -0.1) is 0 Å². The Hall–Kier alpha value is 0.280. The van der Waals surface area contributed by atoms with Gasteiger partial charge in [0, 0.05) is 34.5 Å². The van der Waals surface area contributed by atoms with E-state index >= 15 is 0 Å². The Kier molecular flexibility index (Phi) is 15.3. The van der Waals surface area contributed by atoms with Crippen LogP contribution in [-0.4, -0.2) is 51.2 Å². The fourth-order valence-corrected chi connectivity index (χ4v) is 5.47. The first-order valence-corrected chi connectivity index (χ1v) is 12.7. The molecule has 1 rings (SSSR count). The average Bonchev–Trinajstić information content (AvgIpc) is 2.61. The monoisotopic (exact) mass is 441 g/mol. The van der Waals surface area contributed by atoms with Crippen molar-refractivity contribution in [3.63, 3.8) is 0 Å². The molecule has 0 aliphatic rings. The maximum atomic E-state index is 12.9. The van der Waals surface area contributed by atoms with Gasteiger partial charge in [-0.2, -0.15) is 0 Å². The molecule has 28 heavy (non-hydrogen) atoms. The minimum atomic E-state index is -4.12. The van der Waals surface area contributed by atoms with Crippen molar-refractivity contribution in [2.45, 2.75) is 77.0 Å². The van der Waals surface area contributed by atoms with Crippen LogP contribution in [0.15, 0.2) is 29.2 Å². The fourth-order valence-electron chi connectivity index (χ4n) is 2.39. The van der Waals surface area contributed by atoms with Gasteiger partial charge in [0.15, 0.2) is 0 Å². The van der Waals surface area contributed by atoms with Crippen LogP contribution < -0.4 is 0 Å². The standard InChI is InChI=1S/C19H33NO5PS.Na/c1-4-6-8-10-16-24-26(21,25-17-11-9-7-5-2)20-27(22,23)19-14-12-18(3)13-15-19;/h12-15H,4-11,16-17H2,1-3H3;/q-1;. The number of hydrogen-bond donors (Lipinski definition) is 0. The van der Waals surface area contributed by atoms with Crippen molar-refractivity contribution in [2.24, 2.45) is 0 Å². The summed E-state index contributed by atoms with van der Waals surface area (Å²) in [5.74, 6) is 0. The SMILES string of the molecule is CCCCCCOP(=O)([N-]S(=O)(=O)c1ccc(C)cc1)OCCCCCC.[Na]. The molecule has 0 aliphatic carbocycles. The van der Waals surface area contributed by atoms with Crippen molar-refractivity contribution >= 4 is 47.3 Å². The van der Waals surface area contributed by atoms with Crippen molar-refractivity contribution in [3.8, 4) is 0 Å². The van der Waals surface area contributed by atoms with Gasteiger partial charge >= 0.3 is 0 Å². The number of nitrogens with zero attached hydrogens (tertiary/aromatic N) is 1. The van der Waals surface area contributed by atoms with Gasteiger partial charge in [-0.1, -0.05) is 70.1 Å². The van der Waals surface area contributed by atoms with E-state index in [0.717, 1.165) is 44.1 Å². The second-order valence-electron chi connectivity index (χ2n) is 6.63. The maximum Gasteiger partial charge on any atom is 0.253 e. The molecule has 0 bridgehead atoms. The molecule has 0 saturated carbocycles. The smallest absolute Gasteiger partial charge is 0.253 e. The maximum absolute atomic E-state index is 12.9. The summed E-state index contributed by atoms with van der Waals surface area (Å²) in [6.07, 6.45) is 7.47. The molecule has 0 N–H and O–H groups in total. The van der Waals surface area contributed by atoms with Gasteiger partial charge in [0.2, 0.25) is 0 Å². The molecule has 0 aromatic heterocycles. The topological polar surface area (TPSA) is 83.8 Å². The second-order valence-corrected chi connectivity index (χ2v) is 10.2.